The van der Waals surface area contributed by atoms with E-state index in [1.807, 2.05) is 14.1 Å². The fraction of sp³-hybridized carbons (Fsp3) is 0.250. The molecule has 0 aromatic carbocycles. The second-order valence-electron chi connectivity index (χ2n) is 4.03. The standard InChI is InChI=1S/C8H12BN4S2/c1-10-3-5-12(7(10)14)9-13-6-4-11(2)8(13)15/h3-6H,9H2,1-2H3/p+2. The largest absolute Gasteiger partial charge is 0.624 e. The molecular formula is C8H14BN4S2+2. The van der Waals surface area contributed by atoms with Crippen molar-refractivity contribution in [1.82, 2.24) is 9.62 Å². The van der Waals surface area contributed by atoms with Gasteiger partial charge in [-0.15, -0.1) is 0 Å². The monoisotopic (exact) mass is 241 g/mol. The van der Waals surface area contributed by atoms with Crippen LogP contribution in [0.3, 0.4) is 0 Å². The first-order valence-corrected chi connectivity index (χ1v) is 5.83. The first-order valence-electron chi connectivity index (χ1n) is 5.01. The summed E-state index contributed by atoms with van der Waals surface area (Å²) in [6.07, 6.45) is 8.24. The van der Waals surface area contributed by atoms with Crippen molar-refractivity contribution in [1.29, 1.82) is 0 Å². The molecule has 0 aromatic rings. The molecule has 0 aromatic heterocycles. The van der Waals surface area contributed by atoms with Crippen LogP contribution in [0.2, 0.25) is 0 Å². The number of nitrogens with one attached hydrogen (secondary N) is 2. The Morgan fingerprint density at radius 1 is 1.20 bits per heavy atom. The Kier molecular flexibility index (Phi) is 2.88. The molecule has 0 spiro atoms. The summed E-state index contributed by atoms with van der Waals surface area (Å²) in [5.41, 5.74) is 0. The van der Waals surface area contributed by atoms with Crippen LogP contribution in [0.5, 0.6) is 0 Å². The van der Waals surface area contributed by atoms with Gasteiger partial charge < -0.3 is 9.62 Å². The highest BCUT2D eigenvalue weighted by atomic mass is 32.1. The van der Waals surface area contributed by atoms with Crippen molar-refractivity contribution in [2.75, 3.05) is 14.1 Å². The molecule has 2 aliphatic heterocycles. The fourth-order valence-corrected chi connectivity index (χ4v) is 2.25. The minimum absolute atomic E-state index is 0.492. The van der Waals surface area contributed by atoms with Crippen molar-refractivity contribution >= 4 is 42.2 Å². The van der Waals surface area contributed by atoms with Gasteiger partial charge in [-0.3, -0.25) is 4.90 Å². The summed E-state index contributed by atoms with van der Waals surface area (Å²) in [4.78, 5) is 6.65. The average molecular weight is 241 g/mol. The SMILES string of the molecule is C[NH+]1C=CN([BH2-]N2C=C[NH+](C)C2=[S+])C1=S. The highest BCUT2D eigenvalue weighted by Crippen LogP contribution is 1.98. The molecule has 2 rings (SSSR count). The van der Waals surface area contributed by atoms with Crippen molar-refractivity contribution in [3.63, 3.8) is 0 Å². The van der Waals surface area contributed by atoms with Crippen molar-refractivity contribution in [2.45, 2.75) is 0 Å². The first kappa shape index (κ1) is 10.8. The van der Waals surface area contributed by atoms with E-state index >= 15 is 0 Å². The third kappa shape index (κ3) is 1.96. The summed E-state index contributed by atoms with van der Waals surface area (Å²) < 4.78 is 0. The zero-order valence-electron chi connectivity index (χ0n) is 9.02. The molecule has 2 aliphatic rings. The molecule has 1 radical (unpaired) electrons. The van der Waals surface area contributed by atoms with E-state index in [9.17, 15) is 0 Å². The third-order valence-corrected chi connectivity index (χ3v) is 4.06. The van der Waals surface area contributed by atoms with Crippen LogP contribution in [0.15, 0.2) is 24.8 Å². The zero-order chi connectivity index (χ0) is 11.0. The summed E-state index contributed by atoms with van der Waals surface area (Å²) in [5.74, 6) is 0. The van der Waals surface area contributed by atoms with Crippen molar-refractivity contribution in [2.24, 2.45) is 0 Å². The van der Waals surface area contributed by atoms with Gasteiger partial charge in [0.2, 0.25) is 5.11 Å². The Labute approximate surface area is 101 Å². The number of thiocarbonyl (C=S) groups is 2. The highest BCUT2D eigenvalue weighted by Gasteiger charge is 2.31. The highest BCUT2D eigenvalue weighted by molar-refractivity contribution is 7.79. The molecule has 0 bridgehead atoms. The molecule has 79 valence electrons. The molecule has 2 heterocycles. The average Bonchev–Trinajstić information content (AvgIpc) is 2.68. The first-order chi connectivity index (χ1) is 7.09. The van der Waals surface area contributed by atoms with E-state index in [1.54, 1.807) is 0 Å². The Morgan fingerprint density at radius 2 is 1.80 bits per heavy atom. The topological polar surface area (TPSA) is 15.4 Å². The van der Waals surface area contributed by atoms with Gasteiger partial charge in [-0.2, -0.15) is 0 Å². The van der Waals surface area contributed by atoms with E-state index in [0.717, 1.165) is 10.2 Å². The maximum atomic E-state index is 5.32. The molecule has 0 fully saturated rings. The lowest BCUT2D eigenvalue weighted by Crippen LogP contribution is -3.07. The molecule has 2 N–H and O–H groups in total. The van der Waals surface area contributed by atoms with E-state index < -0.39 is 7.55 Å². The molecule has 2 atom stereocenters. The number of quaternary nitrogens is 2. The van der Waals surface area contributed by atoms with Crippen LogP contribution in [-0.4, -0.2) is 41.5 Å². The second-order valence-corrected chi connectivity index (χ2v) is 4.80. The van der Waals surface area contributed by atoms with Gasteiger partial charge in [0.1, 0.15) is 12.4 Å². The predicted molar refractivity (Wildman–Crippen MR) is 69.2 cm³/mol. The number of rotatable bonds is 2. The number of hydrogen-bond acceptors (Lipinski definition) is 2. The van der Waals surface area contributed by atoms with Gasteiger partial charge in [-0.05, 0) is 0 Å². The molecule has 15 heavy (non-hydrogen) atoms. The van der Waals surface area contributed by atoms with Gasteiger partial charge in [0.25, 0.3) is 0 Å². The lowest BCUT2D eigenvalue weighted by molar-refractivity contribution is -0.717. The predicted octanol–water partition coefficient (Wildman–Crippen LogP) is -3.49. The van der Waals surface area contributed by atoms with Gasteiger partial charge >= 0.3 is 17.3 Å². The molecule has 7 heteroatoms. The fourth-order valence-electron chi connectivity index (χ4n) is 1.83. The molecule has 4 nitrogen and oxygen atoms in total. The van der Waals surface area contributed by atoms with E-state index in [2.05, 4.69) is 34.4 Å². The summed E-state index contributed by atoms with van der Waals surface area (Å²) in [6, 6.07) is 0. The Hall–Kier alpha value is -0.755. The van der Waals surface area contributed by atoms with Crippen LogP contribution in [0, 0.1) is 0 Å². The molecule has 0 amide bonds. The maximum absolute atomic E-state index is 5.32. The van der Waals surface area contributed by atoms with E-state index in [-0.39, 0.29) is 0 Å². The van der Waals surface area contributed by atoms with Gasteiger partial charge in [0.15, 0.2) is 7.55 Å². The van der Waals surface area contributed by atoms with E-state index in [4.69, 9.17) is 24.4 Å². The van der Waals surface area contributed by atoms with Crippen LogP contribution in [0.25, 0.3) is 0 Å². The third-order valence-electron chi connectivity index (χ3n) is 2.84. The van der Waals surface area contributed by atoms with E-state index in [0.29, 0.717) is 0 Å². The Balaban J connectivity index is 2.00. The summed E-state index contributed by atoms with van der Waals surface area (Å²) >= 11 is 10.6. The minimum atomic E-state index is -0.492. The summed E-state index contributed by atoms with van der Waals surface area (Å²) in [7, 11) is 3.59. The Bertz CT molecular complexity index is 334. The molecule has 0 aliphatic carbocycles. The van der Waals surface area contributed by atoms with Crippen molar-refractivity contribution in [3.05, 3.63) is 24.8 Å². The van der Waals surface area contributed by atoms with Crippen LogP contribution >= 0.6 is 12.2 Å². The number of nitrogens with zero attached hydrogens (tertiary/aromatic N) is 2. The van der Waals surface area contributed by atoms with Gasteiger partial charge in [-0.25, -0.2) is 4.90 Å². The van der Waals surface area contributed by atoms with Gasteiger partial charge in [-0.1, -0.05) is 0 Å². The molecular weight excluding hydrogens is 227 g/mol. The van der Waals surface area contributed by atoms with Gasteiger partial charge in [0.05, 0.1) is 14.1 Å². The van der Waals surface area contributed by atoms with Crippen LogP contribution in [-0.2, 0) is 12.2 Å². The Morgan fingerprint density at radius 3 is 2.27 bits per heavy atom. The van der Waals surface area contributed by atoms with Crippen molar-refractivity contribution in [3.8, 4) is 0 Å². The van der Waals surface area contributed by atoms with E-state index in [1.165, 1.54) is 9.80 Å². The summed E-state index contributed by atoms with van der Waals surface area (Å²) in [6.45, 7) is 0. The van der Waals surface area contributed by atoms with Gasteiger partial charge in [0, 0.05) is 24.6 Å². The smallest absolute Gasteiger partial charge is 0.451 e. The lowest BCUT2D eigenvalue weighted by Gasteiger charge is -2.26. The molecule has 2 unspecified atom stereocenters. The van der Waals surface area contributed by atoms with Crippen LogP contribution < -0.4 is 9.80 Å². The minimum Gasteiger partial charge on any atom is -0.451 e. The quantitative estimate of drug-likeness (QED) is 0.296. The van der Waals surface area contributed by atoms with Crippen LogP contribution in [0.1, 0.15) is 0 Å². The maximum Gasteiger partial charge on any atom is 0.624 e. The normalized spacial score (nSPS) is 29.7. The molecule has 0 saturated carbocycles. The van der Waals surface area contributed by atoms with Crippen LogP contribution in [0.4, 0.5) is 0 Å². The molecule has 0 saturated heterocycles. The number of hydrogen-bond donors (Lipinski definition) is 2. The zero-order valence-corrected chi connectivity index (χ0v) is 10.7. The lowest BCUT2D eigenvalue weighted by atomic mass is 10.1. The second kappa shape index (κ2) is 4.01. The van der Waals surface area contributed by atoms with Crippen molar-refractivity contribution < 1.29 is 9.80 Å². The summed E-state index contributed by atoms with van der Waals surface area (Å²) in [5, 5.41) is 1.88.